The van der Waals surface area contributed by atoms with Crippen molar-refractivity contribution in [1.29, 1.82) is 0 Å². The van der Waals surface area contributed by atoms with Gasteiger partial charge in [-0.3, -0.25) is 14.6 Å². The zero-order valence-corrected chi connectivity index (χ0v) is 15.0. The molecule has 1 fully saturated rings. The number of anilines is 1. The Morgan fingerprint density at radius 2 is 2.27 bits per heavy atom. The van der Waals surface area contributed by atoms with Crippen LogP contribution >= 0.6 is 0 Å². The third-order valence-electron chi connectivity index (χ3n) is 4.40. The van der Waals surface area contributed by atoms with E-state index >= 15 is 0 Å². The van der Waals surface area contributed by atoms with Crippen LogP contribution < -0.4 is 20.5 Å². The summed E-state index contributed by atoms with van der Waals surface area (Å²) in [7, 11) is 1.71. The van der Waals surface area contributed by atoms with Crippen LogP contribution in [0.4, 0.5) is 5.82 Å². The Morgan fingerprint density at radius 3 is 3.08 bits per heavy atom. The minimum Gasteiger partial charge on any atom is -0.487 e. The van der Waals surface area contributed by atoms with Gasteiger partial charge in [0, 0.05) is 57.1 Å². The Kier molecular flexibility index (Phi) is 5.50. The molecule has 0 unspecified atom stereocenters. The summed E-state index contributed by atoms with van der Waals surface area (Å²) in [4.78, 5) is 34.0. The highest BCUT2D eigenvalue weighted by molar-refractivity contribution is 5.75. The summed E-state index contributed by atoms with van der Waals surface area (Å²) in [6, 6.07) is 1.84. The number of rotatable bonds is 6. The van der Waals surface area contributed by atoms with Crippen LogP contribution in [0, 0.1) is 0 Å². The van der Waals surface area contributed by atoms with Crippen molar-refractivity contribution in [3.8, 4) is 5.75 Å². The molecule has 1 atom stereocenters. The highest BCUT2D eigenvalue weighted by Crippen LogP contribution is 2.23. The number of hydrogen-bond acceptors (Lipinski definition) is 6. The normalized spacial score (nSPS) is 16.5. The van der Waals surface area contributed by atoms with Crippen LogP contribution in [0.1, 0.15) is 25.3 Å². The molecule has 2 aromatic heterocycles. The highest BCUT2D eigenvalue weighted by atomic mass is 16.5. The molecule has 0 aromatic carbocycles. The number of carbonyl (C=O) groups excluding carboxylic acids is 1. The van der Waals surface area contributed by atoms with E-state index in [1.807, 2.05) is 17.9 Å². The molecular formula is C18H23N5O3. The molecule has 1 N–H and O–H groups in total. The van der Waals surface area contributed by atoms with Gasteiger partial charge < -0.3 is 19.5 Å². The van der Waals surface area contributed by atoms with Crippen molar-refractivity contribution < 1.29 is 9.53 Å². The number of aromatic nitrogens is 3. The molecule has 0 spiro atoms. The zero-order valence-electron chi connectivity index (χ0n) is 15.0. The monoisotopic (exact) mass is 357 g/mol. The predicted octanol–water partition coefficient (Wildman–Crippen LogP) is 0.859. The fourth-order valence-electron chi connectivity index (χ4n) is 2.88. The molecule has 2 aromatic rings. The van der Waals surface area contributed by atoms with Crippen LogP contribution in [-0.4, -0.2) is 39.6 Å². The van der Waals surface area contributed by atoms with Gasteiger partial charge in [0.25, 0.3) is 5.56 Å². The summed E-state index contributed by atoms with van der Waals surface area (Å²) in [6.07, 6.45) is 7.77. The first-order valence-corrected chi connectivity index (χ1v) is 8.71. The second-order valence-corrected chi connectivity index (χ2v) is 6.26. The van der Waals surface area contributed by atoms with Crippen LogP contribution in [-0.2, 0) is 18.4 Å². The summed E-state index contributed by atoms with van der Waals surface area (Å²) in [5, 5.41) is 2.85. The molecule has 1 aliphatic rings. The lowest BCUT2D eigenvalue weighted by Crippen LogP contribution is -2.32. The molecule has 0 radical (unpaired) electrons. The van der Waals surface area contributed by atoms with Gasteiger partial charge >= 0.3 is 0 Å². The second kappa shape index (κ2) is 7.99. The Balaban J connectivity index is 1.67. The Bertz CT molecular complexity index is 836. The van der Waals surface area contributed by atoms with Gasteiger partial charge in [-0.1, -0.05) is 6.92 Å². The van der Waals surface area contributed by atoms with Gasteiger partial charge in [0.1, 0.15) is 11.9 Å². The number of amides is 1. The lowest BCUT2D eigenvalue weighted by Gasteiger charge is -2.19. The van der Waals surface area contributed by atoms with Gasteiger partial charge in [-0.2, -0.15) is 0 Å². The molecule has 26 heavy (non-hydrogen) atoms. The van der Waals surface area contributed by atoms with Crippen molar-refractivity contribution >= 4 is 11.7 Å². The lowest BCUT2D eigenvalue weighted by molar-refractivity contribution is -0.120. The maximum Gasteiger partial charge on any atom is 0.293 e. The summed E-state index contributed by atoms with van der Waals surface area (Å²) < 4.78 is 7.62. The molecule has 1 saturated heterocycles. The van der Waals surface area contributed by atoms with Gasteiger partial charge in [-0.15, -0.1) is 0 Å². The van der Waals surface area contributed by atoms with Gasteiger partial charge in [0.15, 0.2) is 5.82 Å². The average molecular weight is 357 g/mol. The standard InChI is InChI=1S/C18H23N5O3/c1-3-16(24)21-10-13-4-6-19-11-15(13)26-14-5-8-23(12-14)17-18(25)22(2)9-7-20-17/h4,6-7,9,11,14H,3,5,8,10,12H2,1-2H3,(H,21,24)/t14-/m0/s1. The number of nitrogens with zero attached hydrogens (tertiary/aromatic N) is 4. The molecule has 3 rings (SSSR count). The van der Waals surface area contributed by atoms with Crippen molar-refractivity contribution in [2.45, 2.75) is 32.4 Å². The molecule has 1 amide bonds. The molecule has 138 valence electrons. The van der Waals surface area contributed by atoms with Gasteiger partial charge in [-0.05, 0) is 6.07 Å². The average Bonchev–Trinajstić information content (AvgIpc) is 3.11. The third-order valence-corrected chi connectivity index (χ3v) is 4.40. The first kappa shape index (κ1) is 17.9. The number of pyridine rings is 1. The van der Waals surface area contributed by atoms with Gasteiger partial charge in [0.2, 0.25) is 5.91 Å². The van der Waals surface area contributed by atoms with E-state index in [2.05, 4.69) is 15.3 Å². The number of nitrogens with one attached hydrogen (secondary N) is 1. The van der Waals surface area contributed by atoms with Crippen molar-refractivity contribution in [3.63, 3.8) is 0 Å². The first-order valence-electron chi connectivity index (χ1n) is 8.71. The van der Waals surface area contributed by atoms with Crippen LogP contribution in [0.5, 0.6) is 5.75 Å². The van der Waals surface area contributed by atoms with Crippen molar-refractivity contribution in [2.75, 3.05) is 18.0 Å². The summed E-state index contributed by atoms with van der Waals surface area (Å²) >= 11 is 0. The van der Waals surface area contributed by atoms with E-state index in [-0.39, 0.29) is 17.6 Å². The van der Waals surface area contributed by atoms with E-state index in [1.54, 1.807) is 31.8 Å². The van der Waals surface area contributed by atoms with E-state index in [4.69, 9.17) is 4.74 Å². The largest absolute Gasteiger partial charge is 0.487 e. The molecule has 8 nitrogen and oxygen atoms in total. The Labute approximate surface area is 151 Å². The van der Waals surface area contributed by atoms with E-state index in [0.29, 0.717) is 37.6 Å². The molecule has 8 heteroatoms. The molecular weight excluding hydrogens is 334 g/mol. The number of carbonyl (C=O) groups is 1. The van der Waals surface area contributed by atoms with Crippen LogP contribution in [0.25, 0.3) is 0 Å². The van der Waals surface area contributed by atoms with E-state index in [0.717, 1.165) is 12.0 Å². The lowest BCUT2D eigenvalue weighted by atomic mass is 10.2. The van der Waals surface area contributed by atoms with E-state index < -0.39 is 0 Å². The summed E-state index contributed by atoms with van der Waals surface area (Å²) in [5.74, 6) is 1.10. The SMILES string of the molecule is CCC(=O)NCc1ccncc1O[C@H]1CCN(c2nccn(C)c2=O)C1. The second-order valence-electron chi connectivity index (χ2n) is 6.26. The predicted molar refractivity (Wildman–Crippen MR) is 97.1 cm³/mol. The summed E-state index contributed by atoms with van der Waals surface area (Å²) in [5.41, 5.74) is 0.770. The number of ether oxygens (including phenoxy) is 1. The molecule has 0 bridgehead atoms. The van der Waals surface area contributed by atoms with Crippen molar-refractivity contribution in [3.05, 3.63) is 46.8 Å². The molecule has 3 heterocycles. The smallest absolute Gasteiger partial charge is 0.293 e. The number of hydrogen-bond donors (Lipinski definition) is 1. The highest BCUT2D eigenvalue weighted by Gasteiger charge is 2.27. The number of aryl methyl sites for hydroxylation is 1. The van der Waals surface area contributed by atoms with Crippen LogP contribution in [0.15, 0.2) is 35.6 Å². The van der Waals surface area contributed by atoms with Gasteiger partial charge in [-0.25, -0.2) is 4.98 Å². The van der Waals surface area contributed by atoms with Crippen molar-refractivity contribution in [2.24, 2.45) is 7.05 Å². The Hall–Kier alpha value is -2.90. The third kappa shape index (κ3) is 4.01. The first-order chi connectivity index (χ1) is 12.6. The topological polar surface area (TPSA) is 89.3 Å². The maximum absolute atomic E-state index is 12.2. The summed E-state index contributed by atoms with van der Waals surface area (Å²) in [6.45, 7) is 3.51. The zero-order chi connectivity index (χ0) is 18.5. The minimum atomic E-state index is -0.113. The van der Waals surface area contributed by atoms with Crippen LogP contribution in [0.3, 0.4) is 0 Å². The Morgan fingerprint density at radius 1 is 1.42 bits per heavy atom. The van der Waals surface area contributed by atoms with E-state index in [9.17, 15) is 9.59 Å². The molecule has 0 saturated carbocycles. The molecule has 0 aliphatic carbocycles. The van der Waals surface area contributed by atoms with Crippen LogP contribution in [0.2, 0.25) is 0 Å². The van der Waals surface area contributed by atoms with Crippen molar-refractivity contribution in [1.82, 2.24) is 19.9 Å². The van der Waals surface area contributed by atoms with E-state index in [1.165, 1.54) is 4.57 Å². The van der Waals surface area contributed by atoms with Gasteiger partial charge in [0.05, 0.1) is 12.7 Å². The minimum absolute atomic E-state index is 0.00852. The maximum atomic E-state index is 12.2. The fraction of sp³-hybridized carbons (Fsp3) is 0.444. The molecule has 1 aliphatic heterocycles. The quantitative estimate of drug-likeness (QED) is 0.825. The fourth-order valence-corrected chi connectivity index (χ4v) is 2.88.